The van der Waals surface area contributed by atoms with E-state index in [1.165, 1.54) is 39.2 Å². The molecule has 0 radical (unpaired) electrons. The van der Waals surface area contributed by atoms with Crippen LogP contribution >= 0.6 is 11.3 Å². The van der Waals surface area contributed by atoms with Crippen LogP contribution in [0.4, 0.5) is 9.18 Å². The number of rotatable bonds is 6. The van der Waals surface area contributed by atoms with Crippen LogP contribution in [-0.4, -0.2) is 66.1 Å². The zero-order valence-electron chi connectivity index (χ0n) is 23.6. The fraction of sp³-hybridized carbons (Fsp3) is 0.481. The number of likely N-dealkylation sites (tertiary alicyclic amines) is 1. The van der Waals surface area contributed by atoms with Crippen molar-refractivity contribution in [2.45, 2.75) is 65.3 Å². The van der Waals surface area contributed by atoms with E-state index in [4.69, 9.17) is 9.47 Å². The SMILES string of the molecule is CCn1nnc(Cn2c(=O)n(C3CCN(C(=O)OC(C)(C)C)CC3)c(=O)c3sc(-c4cc(F)ccc4OC)cc32)n1. The number of carbonyl (C=O) groups excluding carboxylic acids is 1. The third-order valence-corrected chi connectivity index (χ3v) is 7.98. The van der Waals surface area contributed by atoms with Gasteiger partial charge in [-0.2, -0.15) is 4.80 Å². The molecule has 1 saturated heterocycles. The van der Waals surface area contributed by atoms with Gasteiger partial charge in [0.25, 0.3) is 5.56 Å². The first-order valence-electron chi connectivity index (χ1n) is 13.4. The van der Waals surface area contributed by atoms with Gasteiger partial charge in [0.05, 0.1) is 25.7 Å². The summed E-state index contributed by atoms with van der Waals surface area (Å²) in [5.74, 6) is 0.302. The van der Waals surface area contributed by atoms with E-state index in [9.17, 15) is 18.8 Å². The van der Waals surface area contributed by atoms with Crippen molar-refractivity contribution in [3.05, 3.63) is 56.7 Å². The average molecular weight is 586 g/mol. The number of benzene rings is 1. The first-order valence-corrected chi connectivity index (χ1v) is 14.2. The monoisotopic (exact) mass is 585 g/mol. The summed E-state index contributed by atoms with van der Waals surface area (Å²) >= 11 is 1.16. The van der Waals surface area contributed by atoms with Crippen molar-refractivity contribution >= 4 is 27.6 Å². The van der Waals surface area contributed by atoms with E-state index in [-0.39, 0.29) is 6.54 Å². The van der Waals surface area contributed by atoms with Crippen LogP contribution < -0.4 is 16.0 Å². The Morgan fingerprint density at radius 1 is 1.17 bits per heavy atom. The average Bonchev–Trinajstić information content (AvgIpc) is 3.58. The molecule has 0 spiro atoms. The number of aromatic nitrogens is 6. The van der Waals surface area contributed by atoms with Gasteiger partial charge in [0.2, 0.25) is 0 Å². The van der Waals surface area contributed by atoms with Gasteiger partial charge in [-0.1, -0.05) is 0 Å². The number of hydrogen-bond acceptors (Lipinski definition) is 9. The Kier molecular flexibility index (Phi) is 7.68. The minimum absolute atomic E-state index is 0.0111. The molecule has 0 unspecified atom stereocenters. The predicted molar refractivity (Wildman–Crippen MR) is 151 cm³/mol. The quantitative estimate of drug-likeness (QED) is 0.336. The third kappa shape index (κ3) is 5.73. The molecule has 0 aliphatic carbocycles. The number of amides is 1. The van der Waals surface area contributed by atoms with E-state index < -0.39 is 34.8 Å². The summed E-state index contributed by atoms with van der Waals surface area (Å²) in [5.41, 5.74) is -0.713. The lowest BCUT2D eigenvalue weighted by molar-refractivity contribution is 0.0186. The van der Waals surface area contributed by atoms with Gasteiger partial charge in [0, 0.05) is 29.6 Å². The Morgan fingerprint density at radius 2 is 1.90 bits per heavy atom. The summed E-state index contributed by atoms with van der Waals surface area (Å²) in [4.78, 5) is 44.0. The molecule has 0 atom stereocenters. The lowest BCUT2D eigenvalue weighted by atomic mass is 10.1. The van der Waals surface area contributed by atoms with Crippen molar-refractivity contribution in [3.8, 4) is 16.2 Å². The van der Waals surface area contributed by atoms with Crippen molar-refractivity contribution in [1.29, 1.82) is 0 Å². The van der Waals surface area contributed by atoms with Gasteiger partial charge >= 0.3 is 11.8 Å². The molecule has 12 nitrogen and oxygen atoms in total. The van der Waals surface area contributed by atoms with E-state index >= 15 is 0 Å². The summed E-state index contributed by atoms with van der Waals surface area (Å²) in [6.45, 7) is 8.46. The van der Waals surface area contributed by atoms with Crippen LogP contribution in [0, 0.1) is 5.82 Å². The number of fused-ring (bicyclic) bond motifs is 1. The standard InChI is InChI=1S/C27H32FN7O5S/c1-6-34-30-22(29-31-34)15-33-19-14-21(18-13-16(28)7-8-20(18)39-5)41-23(19)24(36)35(25(33)37)17-9-11-32(12-10-17)26(38)40-27(2,3)4/h7-8,13-14,17H,6,9-12,15H2,1-5H3. The van der Waals surface area contributed by atoms with Crippen LogP contribution in [0.5, 0.6) is 5.75 Å². The predicted octanol–water partition coefficient (Wildman–Crippen LogP) is 3.67. The Labute approximate surface area is 238 Å². The molecule has 3 aromatic heterocycles. The molecule has 1 aromatic carbocycles. The molecule has 1 aliphatic heterocycles. The van der Waals surface area contributed by atoms with Gasteiger partial charge in [0.1, 0.15) is 21.9 Å². The lowest BCUT2D eigenvalue weighted by Gasteiger charge is -2.34. The highest BCUT2D eigenvalue weighted by Gasteiger charge is 2.30. The highest BCUT2D eigenvalue weighted by atomic mass is 32.1. The van der Waals surface area contributed by atoms with Crippen molar-refractivity contribution in [2.75, 3.05) is 20.2 Å². The molecule has 41 heavy (non-hydrogen) atoms. The van der Waals surface area contributed by atoms with E-state index in [0.29, 0.717) is 64.7 Å². The molecule has 4 aromatic rings. The number of carbonyl (C=O) groups is 1. The number of methoxy groups -OCH3 is 1. The number of nitrogens with zero attached hydrogens (tertiary/aromatic N) is 7. The van der Waals surface area contributed by atoms with Crippen molar-refractivity contribution in [3.63, 3.8) is 0 Å². The zero-order valence-corrected chi connectivity index (χ0v) is 24.4. The minimum atomic E-state index is -0.626. The number of aryl methyl sites for hydroxylation is 1. The Balaban J connectivity index is 1.59. The summed E-state index contributed by atoms with van der Waals surface area (Å²) < 4.78 is 28.2. The molecular formula is C27H32FN7O5S. The van der Waals surface area contributed by atoms with Crippen molar-refractivity contribution in [2.24, 2.45) is 0 Å². The molecule has 14 heteroatoms. The van der Waals surface area contributed by atoms with Gasteiger partial charge in [-0.15, -0.1) is 21.5 Å². The van der Waals surface area contributed by atoms with E-state index in [1.807, 2.05) is 6.92 Å². The molecule has 4 heterocycles. The topological polar surface area (TPSA) is 126 Å². The van der Waals surface area contributed by atoms with Crippen LogP contribution in [-0.2, 0) is 17.8 Å². The minimum Gasteiger partial charge on any atom is -0.496 e. The van der Waals surface area contributed by atoms with E-state index in [0.717, 1.165) is 11.3 Å². The number of piperidine rings is 1. The maximum atomic E-state index is 14.2. The first kappa shape index (κ1) is 28.5. The Hall–Kier alpha value is -4.07. The largest absolute Gasteiger partial charge is 0.496 e. The maximum absolute atomic E-state index is 14.2. The number of halogens is 1. The van der Waals surface area contributed by atoms with Crippen LogP contribution in [0.2, 0.25) is 0 Å². The highest BCUT2D eigenvalue weighted by molar-refractivity contribution is 7.22. The molecule has 5 rings (SSSR count). The number of ether oxygens (including phenoxy) is 2. The molecule has 1 aliphatic rings. The van der Waals surface area contributed by atoms with E-state index in [1.54, 1.807) is 31.7 Å². The fourth-order valence-corrected chi connectivity index (χ4v) is 6.01. The number of tetrazole rings is 1. The van der Waals surface area contributed by atoms with Crippen molar-refractivity contribution in [1.82, 2.24) is 34.2 Å². The van der Waals surface area contributed by atoms with Gasteiger partial charge < -0.3 is 14.4 Å². The summed E-state index contributed by atoms with van der Waals surface area (Å²) in [6, 6.07) is 5.42. The zero-order chi connectivity index (χ0) is 29.5. The molecule has 218 valence electrons. The van der Waals surface area contributed by atoms with E-state index in [2.05, 4.69) is 15.4 Å². The molecule has 1 fully saturated rings. The molecular weight excluding hydrogens is 553 g/mol. The van der Waals surface area contributed by atoms with Gasteiger partial charge in [0.15, 0.2) is 5.82 Å². The van der Waals surface area contributed by atoms with Crippen LogP contribution in [0.3, 0.4) is 0 Å². The Morgan fingerprint density at radius 3 is 2.54 bits per heavy atom. The van der Waals surface area contributed by atoms with Gasteiger partial charge in [-0.25, -0.2) is 14.0 Å². The van der Waals surface area contributed by atoms with Crippen LogP contribution in [0.15, 0.2) is 33.9 Å². The summed E-state index contributed by atoms with van der Waals surface area (Å²) in [5, 5.41) is 12.4. The van der Waals surface area contributed by atoms with Crippen LogP contribution in [0.25, 0.3) is 20.7 Å². The summed E-state index contributed by atoms with van der Waals surface area (Å²) in [6.07, 6.45) is 0.383. The Bertz CT molecular complexity index is 1710. The smallest absolute Gasteiger partial charge is 0.410 e. The van der Waals surface area contributed by atoms with Crippen LogP contribution in [0.1, 0.15) is 52.4 Å². The molecule has 0 N–H and O–H groups in total. The van der Waals surface area contributed by atoms with Crippen molar-refractivity contribution < 1.29 is 18.7 Å². The molecule has 0 bridgehead atoms. The highest BCUT2D eigenvalue weighted by Crippen LogP contribution is 2.37. The van der Waals surface area contributed by atoms with Gasteiger partial charge in [-0.3, -0.25) is 13.9 Å². The second-order valence-electron chi connectivity index (χ2n) is 10.8. The maximum Gasteiger partial charge on any atom is 0.410 e. The molecule has 0 saturated carbocycles. The fourth-order valence-electron chi connectivity index (χ4n) is 4.89. The second-order valence-corrected chi connectivity index (χ2v) is 11.9. The number of thiophene rings is 1. The molecule has 1 amide bonds. The van der Waals surface area contributed by atoms with Gasteiger partial charge in [-0.05, 0) is 70.0 Å². The lowest BCUT2D eigenvalue weighted by Crippen LogP contribution is -2.47. The normalized spacial score (nSPS) is 14.5. The third-order valence-electron chi connectivity index (χ3n) is 6.84. The number of hydrogen-bond donors (Lipinski definition) is 0. The second kappa shape index (κ2) is 11.1. The first-order chi connectivity index (χ1) is 19.5. The summed E-state index contributed by atoms with van der Waals surface area (Å²) in [7, 11) is 1.49.